The van der Waals surface area contributed by atoms with Crippen molar-refractivity contribution in [2.45, 2.75) is 0 Å². The van der Waals surface area contributed by atoms with Crippen molar-refractivity contribution in [2.24, 2.45) is 0 Å². The number of rotatable bonds is 0. The third-order valence-corrected chi connectivity index (χ3v) is 0. The van der Waals surface area contributed by atoms with E-state index in [0.717, 1.165) is 0 Å². The third-order valence-electron chi connectivity index (χ3n) is 0. The molecular formula is H12Al4Mg4. The van der Waals surface area contributed by atoms with E-state index < -0.39 is 0 Å². The second-order valence-corrected chi connectivity index (χ2v) is 0. The molecule has 0 bridgehead atoms. The van der Waals surface area contributed by atoms with Crippen LogP contribution in [0.4, 0.5) is 0 Å². The molecule has 32 valence electrons. The van der Waals surface area contributed by atoms with Crippen LogP contribution in [0, 0.1) is 0 Å². The Morgan fingerprint density at radius 3 is 0.250 bits per heavy atom. The van der Waals surface area contributed by atoms with E-state index in [2.05, 4.69) is 0 Å². The molecule has 0 saturated carbocycles. The molecule has 0 aliphatic heterocycles. The van der Waals surface area contributed by atoms with Gasteiger partial charge in [-0.2, -0.15) is 0 Å². The molecule has 0 aromatic carbocycles. The van der Waals surface area contributed by atoms with Crippen LogP contribution in [0.2, 0.25) is 0 Å². The fraction of sp³-hybridized carbons (Fsp3) is 0. The van der Waals surface area contributed by atoms with Gasteiger partial charge in [0.1, 0.15) is 0 Å². The van der Waals surface area contributed by atoms with Gasteiger partial charge in [-0.3, -0.25) is 0 Å². The first-order valence-electron chi connectivity index (χ1n) is 0. The minimum atomic E-state index is 0. The largest absolute Gasteiger partial charge is 0.187 e. The van der Waals surface area contributed by atoms with Crippen LogP contribution < -0.4 is 0 Å². The average Bonchev–Trinajstić information content (AvgIpc) is 0. The summed E-state index contributed by atoms with van der Waals surface area (Å²) < 4.78 is 0. The monoisotopic (exact) mass is 216 g/mol. The quantitative estimate of drug-likeness (QED) is 0.354. The van der Waals surface area contributed by atoms with Crippen molar-refractivity contribution in [1.29, 1.82) is 0 Å². The fourth-order valence-corrected chi connectivity index (χ4v) is 0. The van der Waals surface area contributed by atoms with E-state index in [0.29, 0.717) is 0 Å². The zero-order valence-corrected chi connectivity index (χ0v) is 8.49. The lowest BCUT2D eigenvalue weighted by atomic mass is 24.3. The highest BCUT2D eigenvalue weighted by molar-refractivity contribution is 5.76. The molecule has 8 heteroatoms. The van der Waals surface area contributed by atoms with Crippen LogP contribution >= 0.6 is 0 Å². The van der Waals surface area contributed by atoms with Crippen molar-refractivity contribution in [2.75, 3.05) is 0 Å². The summed E-state index contributed by atoms with van der Waals surface area (Å²) in [7, 11) is 0. The smallest absolute Gasteiger partial charge is 0 e. The Morgan fingerprint density at radius 2 is 0.250 bits per heavy atom. The highest BCUT2D eigenvalue weighted by atomic mass is 27.0. The van der Waals surface area contributed by atoms with Crippen LogP contribution in [0.25, 0.3) is 0 Å². The second-order valence-electron chi connectivity index (χ2n) is 0. The first-order chi connectivity index (χ1) is 0. The third kappa shape index (κ3) is 43.1. The van der Waals surface area contributed by atoms with Crippen LogP contribution in [0.15, 0.2) is 0 Å². The van der Waals surface area contributed by atoms with E-state index in [1.54, 1.807) is 0 Å². The van der Waals surface area contributed by atoms with E-state index in [1.807, 2.05) is 0 Å². The normalized spacial score (nSPS) is 0. The van der Waals surface area contributed by atoms with Crippen LogP contribution in [0.5, 0.6) is 0 Å². The number of hydrogen-bond acceptors (Lipinski definition) is 0. The molecule has 0 aliphatic rings. The van der Waals surface area contributed by atoms with Gasteiger partial charge in [0, 0.05) is 92.2 Å². The van der Waals surface area contributed by atoms with E-state index in [4.69, 9.17) is 0 Å². The van der Waals surface area contributed by atoms with Crippen LogP contribution in [-0.4, -0.2) is 162 Å². The Kier molecular flexibility index (Phi) is 515. The molecule has 0 spiro atoms. The summed E-state index contributed by atoms with van der Waals surface area (Å²) in [5.41, 5.74) is 0. The van der Waals surface area contributed by atoms with E-state index >= 15 is 0 Å². The highest BCUT2D eigenvalue weighted by Crippen LogP contribution is -0.374. The first-order valence-corrected chi connectivity index (χ1v) is 0. The molecule has 0 saturated heterocycles. The summed E-state index contributed by atoms with van der Waals surface area (Å²) in [5.74, 6) is 0. The molecule has 8 heavy (non-hydrogen) atoms. The average molecular weight is 217 g/mol. The standard InChI is InChI=1S/4Al.4Mg.12H. The lowest BCUT2D eigenvalue weighted by Gasteiger charge is -0.00100. The van der Waals surface area contributed by atoms with Crippen molar-refractivity contribution < 1.29 is 0 Å². The van der Waals surface area contributed by atoms with Gasteiger partial charge in [-0.15, -0.1) is 0 Å². The van der Waals surface area contributed by atoms with Crippen LogP contribution in [0.1, 0.15) is 0 Å². The van der Waals surface area contributed by atoms with E-state index in [1.165, 1.54) is 0 Å². The molecule has 0 atom stereocenters. The Balaban J connectivity index is 0. The maximum Gasteiger partial charge on any atom is 0.187 e. The molecule has 0 unspecified atom stereocenters. The minimum absolute atomic E-state index is 0. The van der Waals surface area contributed by atoms with Crippen molar-refractivity contribution in [3.05, 3.63) is 0 Å². The van der Waals surface area contributed by atoms with Gasteiger partial charge in [-0.05, 0) is 0 Å². The lowest BCUT2D eigenvalue weighted by molar-refractivity contribution is 5.75. The van der Waals surface area contributed by atoms with E-state index in [-0.39, 0.29) is 162 Å². The Morgan fingerprint density at radius 1 is 0.250 bits per heavy atom. The molecule has 0 aromatic rings. The molecule has 0 heterocycles. The summed E-state index contributed by atoms with van der Waals surface area (Å²) >= 11 is 0. The van der Waals surface area contributed by atoms with Gasteiger partial charge >= 0.3 is 0 Å². The molecule has 0 aromatic heterocycles. The van der Waals surface area contributed by atoms with Gasteiger partial charge in [0.05, 0.1) is 0 Å². The van der Waals surface area contributed by atoms with Gasteiger partial charge in [0.25, 0.3) is 0 Å². The van der Waals surface area contributed by atoms with Gasteiger partial charge in [-0.25, -0.2) is 0 Å². The summed E-state index contributed by atoms with van der Waals surface area (Å²) in [5, 5.41) is 0. The maximum absolute atomic E-state index is 0. The summed E-state index contributed by atoms with van der Waals surface area (Å²) in [6.45, 7) is 0. The van der Waals surface area contributed by atoms with Gasteiger partial charge in [0.2, 0.25) is 0 Å². The molecular weight excluding hydrogens is 205 g/mol. The molecule has 0 N–H and O–H groups in total. The minimum Gasteiger partial charge on any atom is 0 e. The highest BCUT2D eigenvalue weighted by Gasteiger charge is 0.190. The van der Waals surface area contributed by atoms with Crippen molar-refractivity contribution in [1.82, 2.24) is 0 Å². The molecule has 0 aliphatic carbocycles. The SMILES string of the molecule is [AlH3].[AlH3].[AlH3].[AlH3].[Mg].[Mg].[Mg].[Mg]. The van der Waals surface area contributed by atoms with Gasteiger partial charge in [0.15, 0.2) is 69.4 Å². The van der Waals surface area contributed by atoms with Gasteiger partial charge in [-0.1, -0.05) is 0 Å². The van der Waals surface area contributed by atoms with E-state index in [9.17, 15) is 0 Å². The zero-order chi connectivity index (χ0) is 0. The Bertz CT molecular complexity index is 8.00. The van der Waals surface area contributed by atoms with Crippen molar-refractivity contribution in [3.63, 3.8) is 0 Å². The summed E-state index contributed by atoms with van der Waals surface area (Å²) in [6, 6.07) is 0. The van der Waals surface area contributed by atoms with Crippen molar-refractivity contribution >= 4 is 162 Å². The molecule has 0 rings (SSSR count). The van der Waals surface area contributed by atoms with Crippen LogP contribution in [-0.2, 0) is 0 Å². The summed E-state index contributed by atoms with van der Waals surface area (Å²) in [4.78, 5) is 0. The van der Waals surface area contributed by atoms with Crippen LogP contribution in [0.3, 0.4) is 0 Å². The Hall–Kier alpha value is 5.19. The predicted molar refractivity (Wildman–Crippen MR) is 62.8 cm³/mol. The second kappa shape index (κ2) is 56.6. The topological polar surface area (TPSA) is 0 Å². The zero-order valence-electron chi connectivity index (χ0n) is 2.83. The molecule has 8 radical (unpaired) electrons. The predicted octanol–water partition coefficient (Wildman–Crippen LogP) is -6.26. The lowest BCUT2D eigenvalue weighted by Crippen LogP contribution is -0.382. The van der Waals surface area contributed by atoms with Crippen molar-refractivity contribution in [3.8, 4) is 0 Å². The van der Waals surface area contributed by atoms with Gasteiger partial charge < -0.3 is 0 Å². The fourth-order valence-electron chi connectivity index (χ4n) is 0. The number of hydrogen-bond donors (Lipinski definition) is 0. The Labute approximate surface area is 158 Å². The summed E-state index contributed by atoms with van der Waals surface area (Å²) in [6.07, 6.45) is 0. The molecule has 0 fully saturated rings. The molecule has 0 amide bonds. The maximum atomic E-state index is 0. The first kappa shape index (κ1) is 72.7. The molecule has 0 nitrogen and oxygen atoms in total.